The van der Waals surface area contributed by atoms with Crippen molar-refractivity contribution in [1.82, 2.24) is 20.0 Å². The Morgan fingerprint density at radius 2 is 2.14 bits per heavy atom. The lowest BCUT2D eigenvalue weighted by atomic mass is 9.99. The quantitative estimate of drug-likeness (QED) is 0.907. The van der Waals surface area contributed by atoms with Crippen LogP contribution in [0, 0.1) is 5.92 Å². The first-order chi connectivity index (χ1) is 9.92. The van der Waals surface area contributed by atoms with Gasteiger partial charge in [-0.25, -0.2) is 0 Å². The molecule has 1 aromatic heterocycles. The summed E-state index contributed by atoms with van der Waals surface area (Å²) in [5.74, 6) is 0.709. The summed E-state index contributed by atoms with van der Waals surface area (Å²) in [6, 6.07) is 1.11. The van der Waals surface area contributed by atoms with Crippen LogP contribution in [0.2, 0.25) is 5.02 Å². The minimum atomic E-state index is 0.533. The van der Waals surface area contributed by atoms with Crippen molar-refractivity contribution in [2.45, 2.75) is 59.2 Å². The molecule has 0 radical (unpaired) electrons. The van der Waals surface area contributed by atoms with E-state index in [-0.39, 0.29) is 0 Å². The maximum Gasteiger partial charge on any atom is 0.0863 e. The van der Waals surface area contributed by atoms with E-state index in [1.54, 1.807) is 0 Å². The molecule has 0 spiro atoms. The van der Waals surface area contributed by atoms with E-state index in [1.165, 1.54) is 6.42 Å². The molecule has 1 aromatic rings. The van der Waals surface area contributed by atoms with Crippen LogP contribution in [0.15, 0.2) is 0 Å². The van der Waals surface area contributed by atoms with Gasteiger partial charge in [-0.3, -0.25) is 9.58 Å². The van der Waals surface area contributed by atoms with Crippen LogP contribution in [0.4, 0.5) is 0 Å². The standard InChI is InChI=1S/C16H29ClN4/c1-6-14-16(17)15(20(5)19-14)10-21-9-12(4)18-8-13(21)7-11(2)3/h11-13,18H,6-10H2,1-5H3. The van der Waals surface area contributed by atoms with Gasteiger partial charge in [0.1, 0.15) is 0 Å². The second-order valence-corrected chi connectivity index (χ2v) is 7.08. The molecule has 1 fully saturated rings. The van der Waals surface area contributed by atoms with E-state index < -0.39 is 0 Å². The highest BCUT2D eigenvalue weighted by Gasteiger charge is 2.28. The fraction of sp³-hybridized carbons (Fsp3) is 0.812. The molecular weight excluding hydrogens is 284 g/mol. The van der Waals surface area contributed by atoms with Crippen LogP contribution in [0.5, 0.6) is 0 Å². The summed E-state index contributed by atoms with van der Waals surface area (Å²) in [4.78, 5) is 2.57. The second kappa shape index (κ2) is 7.12. The molecule has 0 aromatic carbocycles. The van der Waals surface area contributed by atoms with E-state index in [1.807, 2.05) is 11.7 Å². The van der Waals surface area contributed by atoms with Gasteiger partial charge in [0.15, 0.2) is 0 Å². The van der Waals surface area contributed by atoms with E-state index >= 15 is 0 Å². The molecule has 0 aliphatic carbocycles. The summed E-state index contributed by atoms with van der Waals surface area (Å²) in [6.45, 7) is 12.0. The van der Waals surface area contributed by atoms with E-state index in [0.717, 1.165) is 42.5 Å². The molecule has 1 saturated heterocycles. The molecule has 2 unspecified atom stereocenters. The lowest BCUT2D eigenvalue weighted by Gasteiger charge is -2.40. The predicted molar refractivity (Wildman–Crippen MR) is 88.7 cm³/mol. The van der Waals surface area contributed by atoms with Crippen LogP contribution in [0.25, 0.3) is 0 Å². The molecule has 4 nitrogen and oxygen atoms in total. The van der Waals surface area contributed by atoms with Crippen molar-refractivity contribution >= 4 is 11.6 Å². The van der Waals surface area contributed by atoms with Crippen LogP contribution in [-0.4, -0.2) is 39.9 Å². The fourth-order valence-electron chi connectivity index (χ4n) is 3.19. The molecule has 2 atom stereocenters. The number of hydrogen-bond acceptors (Lipinski definition) is 3. The van der Waals surface area contributed by atoms with Crippen molar-refractivity contribution in [3.05, 3.63) is 16.4 Å². The number of nitrogens with one attached hydrogen (secondary N) is 1. The van der Waals surface area contributed by atoms with Crippen LogP contribution in [0.1, 0.15) is 45.5 Å². The number of aryl methyl sites for hydroxylation is 2. The van der Waals surface area contributed by atoms with Gasteiger partial charge in [0.2, 0.25) is 0 Å². The molecule has 0 saturated carbocycles. The lowest BCUT2D eigenvalue weighted by molar-refractivity contribution is 0.108. The van der Waals surface area contributed by atoms with Crippen LogP contribution < -0.4 is 5.32 Å². The molecule has 1 N–H and O–H groups in total. The Morgan fingerprint density at radius 3 is 2.71 bits per heavy atom. The highest BCUT2D eigenvalue weighted by Crippen LogP contribution is 2.25. The number of piperazine rings is 1. The van der Waals surface area contributed by atoms with Crippen molar-refractivity contribution in [1.29, 1.82) is 0 Å². The Kier molecular flexibility index (Phi) is 5.69. The highest BCUT2D eigenvalue weighted by atomic mass is 35.5. The fourth-order valence-corrected chi connectivity index (χ4v) is 3.54. The molecule has 0 bridgehead atoms. The normalized spacial score (nSPS) is 24.0. The maximum absolute atomic E-state index is 6.51. The molecule has 5 heteroatoms. The van der Waals surface area contributed by atoms with Gasteiger partial charge in [-0.2, -0.15) is 5.10 Å². The molecule has 2 heterocycles. The predicted octanol–water partition coefficient (Wildman–Crippen LogP) is 2.84. The highest BCUT2D eigenvalue weighted by molar-refractivity contribution is 6.31. The average Bonchev–Trinajstić information content (AvgIpc) is 2.68. The monoisotopic (exact) mass is 312 g/mol. The molecule has 21 heavy (non-hydrogen) atoms. The van der Waals surface area contributed by atoms with Gasteiger partial charge in [0, 0.05) is 38.8 Å². The largest absolute Gasteiger partial charge is 0.311 e. The SMILES string of the molecule is CCc1nn(C)c(CN2CC(C)NCC2CC(C)C)c1Cl. The Hall–Kier alpha value is -0.580. The third kappa shape index (κ3) is 3.99. The molecule has 1 aliphatic rings. The minimum Gasteiger partial charge on any atom is -0.311 e. The van der Waals surface area contributed by atoms with E-state index in [0.29, 0.717) is 18.0 Å². The van der Waals surface area contributed by atoms with Gasteiger partial charge in [-0.1, -0.05) is 32.4 Å². The van der Waals surface area contributed by atoms with Crippen molar-refractivity contribution in [3.8, 4) is 0 Å². The summed E-state index contributed by atoms with van der Waals surface area (Å²) in [6.07, 6.45) is 2.11. The van der Waals surface area contributed by atoms with Gasteiger partial charge < -0.3 is 5.32 Å². The topological polar surface area (TPSA) is 33.1 Å². The van der Waals surface area contributed by atoms with Gasteiger partial charge >= 0.3 is 0 Å². The van der Waals surface area contributed by atoms with Gasteiger partial charge in [-0.05, 0) is 25.7 Å². The molecule has 0 amide bonds. The molecule has 2 rings (SSSR count). The van der Waals surface area contributed by atoms with Crippen molar-refractivity contribution < 1.29 is 0 Å². The Balaban J connectivity index is 2.16. The van der Waals surface area contributed by atoms with Crippen LogP contribution in [-0.2, 0) is 20.0 Å². The number of aromatic nitrogens is 2. The average molecular weight is 313 g/mol. The zero-order valence-electron chi connectivity index (χ0n) is 14.0. The van der Waals surface area contributed by atoms with Crippen molar-refractivity contribution in [2.75, 3.05) is 13.1 Å². The van der Waals surface area contributed by atoms with E-state index in [9.17, 15) is 0 Å². The van der Waals surface area contributed by atoms with Crippen molar-refractivity contribution in [2.24, 2.45) is 13.0 Å². The third-order valence-corrected chi connectivity index (χ3v) is 4.76. The van der Waals surface area contributed by atoms with Gasteiger partial charge in [-0.15, -0.1) is 0 Å². The molecule has 1 aliphatic heterocycles. The lowest BCUT2D eigenvalue weighted by Crippen LogP contribution is -2.55. The number of halogens is 1. The van der Waals surface area contributed by atoms with E-state index in [4.69, 9.17) is 11.6 Å². The van der Waals surface area contributed by atoms with Crippen LogP contribution >= 0.6 is 11.6 Å². The van der Waals surface area contributed by atoms with Gasteiger partial charge in [0.05, 0.1) is 16.4 Å². The first kappa shape index (κ1) is 16.8. The summed E-state index contributed by atoms with van der Waals surface area (Å²) < 4.78 is 1.96. The van der Waals surface area contributed by atoms with Crippen molar-refractivity contribution in [3.63, 3.8) is 0 Å². The summed E-state index contributed by atoms with van der Waals surface area (Å²) in [5, 5.41) is 9.00. The summed E-state index contributed by atoms with van der Waals surface area (Å²) in [5.41, 5.74) is 2.16. The molecular formula is C16H29ClN4. The Labute approximate surface area is 133 Å². The van der Waals surface area contributed by atoms with Gasteiger partial charge in [0.25, 0.3) is 0 Å². The maximum atomic E-state index is 6.51. The zero-order valence-corrected chi connectivity index (χ0v) is 14.7. The zero-order chi connectivity index (χ0) is 15.6. The van der Waals surface area contributed by atoms with E-state index in [2.05, 4.69) is 43.0 Å². The number of rotatable bonds is 5. The minimum absolute atomic E-state index is 0.533. The Bertz CT molecular complexity index is 469. The number of hydrogen-bond donors (Lipinski definition) is 1. The number of nitrogens with zero attached hydrogens (tertiary/aromatic N) is 3. The first-order valence-electron chi connectivity index (χ1n) is 8.10. The Morgan fingerprint density at radius 1 is 1.43 bits per heavy atom. The third-order valence-electron chi connectivity index (χ3n) is 4.33. The smallest absolute Gasteiger partial charge is 0.0863 e. The second-order valence-electron chi connectivity index (χ2n) is 6.71. The van der Waals surface area contributed by atoms with Crippen LogP contribution in [0.3, 0.4) is 0 Å². The summed E-state index contributed by atoms with van der Waals surface area (Å²) in [7, 11) is 2.00. The first-order valence-corrected chi connectivity index (χ1v) is 8.47. The molecule has 120 valence electrons. The summed E-state index contributed by atoms with van der Waals surface area (Å²) >= 11 is 6.51.